The summed E-state index contributed by atoms with van der Waals surface area (Å²) in [4.78, 5) is 22.4. The van der Waals surface area contributed by atoms with E-state index in [-0.39, 0.29) is 30.1 Å². The second kappa shape index (κ2) is 2.46. The molecule has 2 aliphatic heterocycles. The van der Waals surface area contributed by atoms with Gasteiger partial charge in [0.2, 0.25) is 0 Å². The molecule has 0 N–H and O–H groups in total. The molecule has 0 amide bonds. The van der Waals surface area contributed by atoms with Crippen molar-refractivity contribution >= 4 is 18.5 Å². The first-order chi connectivity index (χ1) is 6.35. The van der Waals surface area contributed by atoms with Crippen LogP contribution >= 0.6 is 0 Å². The normalized spacial score (nSPS) is 24.6. The Morgan fingerprint density at radius 1 is 1.14 bits per heavy atom. The zero-order chi connectivity index (χ0) is 10.6. The van der Waals surface area contributed by atoms with Crippen molar-refractivity contribution in [3.8, 4) is 0 Å². The summed E-state index contributed by atoms with van der Waals surface area (Å²) in [5, 5.41) is -0.340. The summed E-state index contributed by atoms with van der Waals surface area (Å²) in [6, 6.07) is 0. The molecule has 0 aromatic rings. The monoisotopic (exact) mass is 196 g/mol. The first kappa shape index (κ1) is 9.43. The molecule has 0 spiro atoms. The molecule has 2 fully saturated rings. The van der Waals surface area contributed by atoms with E-state index >= 15 is 0 Å². The highest BCUT2D eigenvalue weighted by atomic mass is 16.7. The fourth-order valence-electron chi connectivity index (χ4n) is 2.31. The fourth-order valence-corrected chi connectivity index (χ4v) is 2.31. The predicted molar refractivity (Wildman–Crippen MR) is 50.1 cm³/mol. The molecule has 0 aromatic heterocycles. The minimum atomic E-state index is -1.82. The Morgan fingerprint density at radius 2 is 1.57 bits per heavy atom. The number of carbonyl (C=O) groups excluding carboxylic acids is 2. The lowest BCUT2D eigenvalue weighted by Gasteiger charge is -2.36. The van der Waals surface area contributed by atoms with Gasteiger partial charge in [0.1, 0.15) is 12.8 Å². The number of rotatable bonds is 0. The van der Waals surface area contributed by atoms with Gasteiger partial charge < -0.3 is 9.31 Å². The van der Waals surface area contributed by atoms with Crippen LogP contribution < -0.4 is 0 Å². The average Bonchev–Trinajstić information content (AvgIpc) is 2.38. The van der Waals surface area contributed by atoms with Gasteiger partial charge in [-0.05, 0) is 5.31 Å². The molecular weight excluding hydrogens is 183 g/mol. The summed E-state index contributed by atoms with van der Waals surface area (Å²) in [6.07, 6.45) is 0.478. The van der Waals surface area contributed by atoms with Crippen molar-refractivity contribution in [3.05, 3.63) is 5.82 Å². The van der Waals surface area contributed by atoms with Crippen molar-refractivity contribution in [2.45, 2.75) is 38.9 Å². The Morgan fingerprint density at radius 3 is 1.86 bits per heavy atom. The molecule has 2 rings (SSSR count). The van der Waals surface area contributed by atoms with Gasteiger partial charge in [0.15, 0.2) is 0 Å². The fraction of sp³-hybridized carbons (Fsp3) is 0.667. The highest BCUT2D eigenvalue weighted by Gasteiger charge is 2.70. The lowest BCUT2D eigenvalue weighted by Crippen LogP contribution is -2.48. The van der Waals surface area contributed by atoms with Crippen LogP contribution in [-0.2, 0) is 18.9 Å². The molecule has 0 aromatic carbocycles. The van der Waals surface area contributed by atoms with Crippen LogP contribution in [0.4, 0.5) is 0 Å². The van der Waals surface area contributed by atoms with Gasteiger partial charge in [0.05, 0.1) is 0 Å². The lowest BCUT2D eigenvalue weighted by molar-refractivity contribution is -0.139. The van der Waals surface area contributed by atoms with Crippen molar-refractivity contribution in [3.63, 3.8) is 0 Å². The molecule has 2 heterocycles. The summed E-state index contributed by atoms with van der Waals surface area (Å²) >= 11 is 0. The average molecular weight is 196 g/mol. The minimum Gasteiger partial charge on any atom is -0.613 e. The van der Waals surface area contributed by atoms with Crippen LogP contribution in [0, 0.1) is 5.82 Å². The summed E-state index contributed by atoms with van der Waals surface area (Å²) in [6.45, 7) is 3.94. The zero-order valence-electron chi connectivity index (χ0n) is 8.62. The summed E-state index contributed by atoms with van der Waals surface area (Å²) < 4.78 is 10.5. The van der Waals surface area contributed by atoms with Crippen LogP contribution in [0.1, 0.15) is 33.6 Å². The maximum Gasteiger partial charge on any atom is 0.564 e. The van der Waals surface area contributed by atoms with Crippen LogP contribution in [0.25, 0.3) is 0 Å². The van der Waals surface area contributed by atoms with E-state index in [0.717, 1.165) is 5.82 Å². The van der Waals surface area contributed by atoms with E-state index in [0.29, 0.717) is 0 Å². The third kappa shape index (κ3) is 1.04. The first-order valence-electron chi connectivity index (χ1n) is 4.78. The summed E-state index contributed by atoms with van der Waals surface area (Å²) in [5.74, 6) is 0.275. The van der Waals surface area contributed by atoms with Crippen LogP contribution in [0.5, 0.6) is 0 Å². The van der Waals surface area contributed by atoms with E-state index in [1.165, 1.54) is 0 Å². The smallest absolute Gasteiger partial charge is 0.564 e. The highest BCUT2D eigenvalue weighted by molar-refractivity contribution is 6.82. The third-order valence-electron chi connectivity index (χ3n) is 3.02. The van der Waals surface area contributed by atoms with E-state index in [1.54, 1.807) is 0 Å². The summed E-state index contributed by atoms with van der Waals surface area (Å²) in [7, 11) is 0. The van der Waals surface area contributed by atoms with E-state index in [1.807, 2.05) is 20.8 Å². The Balaban J connectivity index is 2.39. The Kier molecular flexibility index (Phi) is 1.66. The van der Waals surface area contributed by atoms with Crippen LogP contribution in [0.2, 0.25) is 5.31 Å². The maximum atomic E-state index is 11.2. The third-order valence-corrected chi connectivity index (χ3v) is 3.02. The molecule has 76 valence electrons. The molecule has 5 heteroatoms. The first-order valence-corrected chi connectivity index (χ1v) is 4.78. The van der Waals surface area contributed by atoms with Gasteiger partial charge in [-0.1, -0.05) is 20.8 Å². The second-order valence-corrected chi connectivity index (χ2v) is 5.07. The van der Waals surface area contributed by atoms with Gasteiger partial charge in [0, 0.05) is 5.82 Å². The number of hydrogen-bond acceptors (Lipinski definition) is 4. The van der Waals surface area contributed by atoms with Crippen molar-refractivity contribution in [1.29, 1.82) is 0 Å². The van der Waals surface area contributed by atoms with Gasteiger partial charge in [0.25, 0.3) is 0 Å². The van der Waals surface area contributed by atoms with E-state index in [2.05, 4.69) is 0 Å². The number of carbonyl (C=O) groups is 2. The molecule has 0 saturated carbocycles. The molecule has 0 bridgehead atoms. The predicted octanol–water partition coefficient (Wildman–Crippen LogP) is 1.24. The minimum absolute atomic E-state index is 0.239. The van der Waals surface area contributed by atoms with Crippen molar-refractivity contribution in [2.75, 3.05) is 0 Å². The molecule has 0 aliphatic carbocycles. The Labute approximate surface area is 82.9 Å². The van der Waals surface area contributed by atoms with Gasteiger partial charge in [-0.25, -0.2) is 0 Å². The molecule has 14 heavy (non-hydrogen) atoms. The largest absolute Gasteiger partial charge is 0.613 e. The van der Waals surface area contributed by atoms with Gasteiger partial charge in [-0.2, -0.15) is 0 Å². The van der Waals surface area contributed by atoms with Gasteiger partial charge >= 0.3 is 18.5 Å². The highest BCUT2D eigenvalue weighted by Crippen LogP contribution is 2.53. The Hall–Kier alpha value is -1.13. The summed E-state index contributed by atoms with van der Waals surface area (Å²) in [5.41, 5.74) is 0. The molecular formula is C9H13BO4. The molecule has 4 nitrogen and oxygen atoms in total. The topological polar surface area (TPSA) is 52.6 Å². The molecule has 2 saturated heterocycles. The van der Waals surface area contributed by atoms with E-state index in [9.17, 15) is 9.59 Å². The lowest BCUT2D eigenvalue weighted by atomic mass is 9.34. The number of hydrogen-bond donors (Lipinski definition) is 0. The molecule has 2 aliphatic rings. The van der Waals surface area contributed by atoms with Crippen molar-refractivity contribution in [1.82, 2.24) is 0 Å². The van der Waals surface area contributed by atoms with Crippen LogP contribution in [-0.4, -0.2) is 18.5 Å². The maximum absolute atomic E-state index is 11.2. The van der Waals surface area contributed by atoms with Crippen LogP contribution in [0.15, 0.2) is 0 Å². The quantitative estimate of drug-likeness (QED) is 0.432. The zero-order valence-corrected chi connectivity index (χ0v) is 8.62. The second-order valence-electron chi connectivity index (χ2n) is 5.07. The van der Waals surface area contributed by atoms with E-state index < -0.39 is 6.55 Å². The molecule has 0 radical (unpaired) electrons. The SMILES string of the molecule is CC(C)(C)[B-]12OC(=O)C[C+]1CC(=O)O2. The Bertz CT molecular complexity index is 284. The molecule has 0 unspecified atom stereocenters. The molecule has 0 atom stereocenters. The number of fused-ring (bicyclic) bond motifs is 1. The van der Waals surface area contributed by atoms with Gasteiger partial charge in [-0.15, -0.1) is 0 Å². The van der Waals surface area contributed by atoms with Gasteiger partial charge in [-0.3, -0.25) is 9.59 Å². The van der Waals surface area contributed by atoms with E-state index in [4.69, 9.17) is 9.31 Å². The van der Waals surface area contributed by atoms with Crippen molar-refractivity contribution < 1.29 is 18.9 Å². The standard InChI is InChI=1S/C9H13BO4/c1-9(2,3)10-6(4-7(11)13-10)5-8(12)14-10/h4-5H2,1-3H3. The van der Waals surface area contributed by atoms with Crippen molar-refractivity contribution in [2.24, 2.45) is 0 Å². The van der Waals surface area contributed by atoms with Crippen LogP contribution in [0.3, 0.4) is 0 Å².